The van der Waals surface area contributed by atoms with E-state index in [0.717, 1.165) is 5.69 Å². The lowest BCUT2D eigenvalue weighted by atomic mass is 10.0. The highest BCUT2D eigenvalue weighted by Crippen LogP contribution is 2.17. The third-order valence-corrected chi connectivity index (χ3v) is 3.80. The first-order valence-corrected chi connectivity index (χ1v) is 7.55. The van der Waals surface area contributed by atoms with Crippen molar-refractivity contribution in [3.8, 4) is 5.88 Å². The number of nitrogens with zero attached hydrogens (tertiary/aromatic N) is 1. The van der Waals surface area contributed by atoms with E-state index in [1.54, 1.807) is 19.4 Å². The Balaban J connectivity index is 1.96. The van der Waals surface area contributed by atoms with Crippen LogP contribution in [0, 0.1) is 13.8 Å². The first-order valence-electron chi connectivity index (χ1n) is 7.14. The monoisotopic (exact) mass is 315 g/mol. The van der Waals surface area contributed by atoms with E-state index in [0.29, 0.717) is 11.0 Å². The molecular formula is C17H21N3OS. The maximum absolute atomic E-state index is 5.35. The highest BCUT2D eigenvalue weighted by atomic mass is 32.1. The van der Waals surface area contributed by atoms with Gasteiger partial charge in [0.25, 0.3) is 0 Å². The number of benzene rings is 1. The summed E-state index contributed by atoms with van der Waals surface area (Å²) in [6.07, 6.45) is 1.69. The Labute approximate surface area is 136 Å². The van der Waals surface area contributed by atoms with Crippen LogP contribution < -0.4 is 15.4 Å². The summed E-state index contributed by atoms with van der Waals surface area (Å²) < 4.78 is 5.03. The Morgan fingerprint density at radius 1 is 1.18 bits per heavy atom. The van der Waals surface area contributed by atoms with Crippen LogP contribution in [-0.2, 0) is 0 Å². The quantitative estimate of drug-likeness (QED) is 0.841. The molecule has 0 aliphatic rings. The van der Waals surface area contributed by atoms with Gasteiger partial charge in [0.2, 0.25) is 5.88 Å². The van der Waals surface area contributed by atoms with Crippen molar-refractivity contribution in [2.24, 2.45) is 0 Å². The van der Waals surface area contributed by atoms with Gasteiger partial charge in [-0.05, 0) is 55.7 Å². The average Bonchev–Trinajstić information content (AvgIpc) is 2.50. The molecule has 1 heterocycles. The zero-order valence-corrected chi connectivity index (χ0v) is 14.1. The number of rotatable bonds is 4. The third kappa shape index (κ3) is 4.18. The summed E-state index contributed by atoms with van der Waals surface area (Å²) in [5.41, 5.74) is 4.61. The van der Waals surface area contributed by atoms with Crippen LogP contribution in [0.25, 0.3) is 0 Å². The molecule has 4 nitrogen and oxygen atoms in total. The average molecular weight is 315 g/mol. The fraction of sp³-hybridized carbons (Fsp3) is 0.294. The summed E-state index contributed by atoms with van der Waals surface area (Å²) in [5, 5.41) is 6.97. The molecule has 0 radical (unpaired) electrons. The van der Waals surface area contributed by atoms with Crippen molar-refractivity contribution in [2.45, 2.75) is 26.8 Å². The van der Waals surface area contributed by atoms with Gasteiger partial charge >= 0.3 is 0 Å². The van der Waals surface area contributed by atoms with E-state index in [4.69, 9.17) is 17.0 Å². The highest BCUT2D eigenvalue weighted by Gasteiger charge is 2.08. The summed E-state index contributed by atoms with van der Waals surface area (Å²) in [7, 11) is 1.59. The van der Waals surface area contributed by atoms with Crippen molar-refractivity contribution in [1.29, 1.82) is 0 Å². The van der Waals surface area contributed by atoms with Crippen molar-refractivity contribution in [2.75, 3.05) is 12.4 Å². The van der Waals surface area contributed by atoms with E-state index in [1.807, 2.05) is 6.07 Å². The van der Waals surface area contributed by atoms with Gasteiger partial charge in [-0.15, -0.1) is 0 Å². The summed E-state index contributed by atoms with van der Waals surface area (Å²) in [6, 6.07) is 10.2. The van der Waals surface area contributed by atoms with Crippen LogP contribution in [0.2, 0.25) is 0 Å². The molecule has 1 aromatic heterocycles. The summed E-state index contributed by atoms with van der Waals surface area (Å²) in [6.45, 7) is 6.32. The first kappa shape index (κ1) is 16.2. The second kappa shape index (κ2) is 7.22. The van der Waals surface area contributed by atoms with Gasteiger partial charge in [-0.1, -0.05) is 18.2 Å². The number of pyridine rings is 1. The topological polar surface area (TPSA) is 46.2 Å². The Hall–Kier alpha value is -2.14. The summed E-state index contributed by atoms with van der Waals surface area (Å²) >= 11 is 5.35. The number of hydrogen-bond donors (Lipinski definition) is 2. The zero-order valence-electron chi connectivity index (χ0n) is 13.3. The zero-order chi connectivity index (χ0) is 16.1. The molecule has 116 valence electrons. The van der Waals surface area contributed by atoms with Crippen molar-refractivity contribution < 1.29 is 4.74 Å². The van der Waals surface area contributed by atoms with Crippen LogP contribution in [0.4, 0.5) is 5.69 Å². The van der Waals surface area contributed by atoms with Gasteiger partial charge in [0.15, 0.2) is 5.11 Å². The van der Waals surface area contributed by atoms with Gasteiger partial charge in [-0.25, -0.2) is 4.98 Å². The molecule has 0 aliphatic carbocycles. The minimum Gasteiger partial charge on any atom is -0.481 e. The van der Waals surface area contributed by atoms with E-state index in [9.17, 15) is 0 Å². The number of ether oxygens (including phenoxy) is 1. The fourth-order valence-electron chi connectivity index (χ4n) is 2.06. The molecule has 5 heteroatoms. The van der Waals surface area contributed by atoms with Crippen LogP contribution in [0.15, 0.2) is 36.5 Å². The van der Waals surface area contributed by atoms with E-state index >= 15 is 0 Å². The number of methoxy groups -OCH3 is 1. The molecule has 1 aromatic carbocycles. The molecule has 0 bridgehead atoms. The maximum atomic E-state index is 5.35. The second-order valence-corrected chi connectivity index (χ2v) is 5.66. The summed E-state index contributed by atoms with van der Waals surface area (Å²) in [5.74, 6) is 0.577. The van der Waals surface area contributed by atoms with Crippen molar-refractivity contribution in [1.82, 2.24) is 10.3 Å². The van der Waals surface area contributed by atoms with Crippen LogP contribution >= 0.6 is 12.2 Å². The van der Waals surface area contributed by atoms with Crippen LogP contribution in [0.3, 0.4) is 0 Å². The van der Waals surface area contributed by atoms with Crippen LogP contribution in [0.5, 0.6) is 5.88 Å². The molecule has 1 unspecified atom stereocenters. The smallest absolute Gasteiger partial charge is 0.213 e. The minimum atomic E-state index is 0.130. The number of anilines is 1. The number of aromatic nitrogens is 1. The maximum Gasteiger partial charge on any atom is 0.213 e. The number of aryl methyl sites for hydroxylation is 2. The van der Waals surface area contributed by atoms with E-state index in [2.05, 4.69) is 54.6 Å². The second-order valence-electron chi connectivity index (χ2n) is 5.25. The van der Waals surface area contributed by atoms with Gasteiger partial charge in [-0.3, -0.25) is 0 Å². The number of thiocarbonyl (C=S) groups is 1. The predicted molar refractivity (Wildman–Crippen MR) is 94.5 cm³/mol. The Kier molecular flexibility index (Phi) is 5.33. The molecule has 1 atom stereocenters. The molecule has 0 spiro atoms. The van der Waals surface area contributed by atoms with E-state index < -0.39 is 0 Å². The minimum absolute atomic E-state index is 0.130. The summed E-state index contributed by atoms with van der Waals surface area (Å²) in [4.78, 5) is 4.14. The molecule has 2 N–H and O–H groups in total. The lowest BCUT2D eigenvalue weighted by Gasteiger charge is -2.18. The molecule has 22 heavy (non-hydrogen) atoms. The number of hydrogen-bond acceptors (Lipinski definition) is 3. The number of nitrogens with one attached hydrogen (secondary N) is 2. The SMILES string of the molecule is COc1ccc(NC(=S)NC(C)c2ccc(C)c(C)c2)cn1. The largest absolute Gasteiger partial charge is 0.481 e. The van der Waals surface area contributed by atoms with E-state index in [-0.39, 0.29) is 6.04 Å². The molecule has 2 rings (SSSR count). The standard InChI is InChI=1S/C17H21N3OS/c1-11-5-6-14(9-12(11)2)13(3)19-17(22)20-15-7-8-16(21-4)18-10-15/h5-10,13H,1-4H3,(H2,19,20,22). The van der Waals surface area contributed by atoms with Crippen LogP contribution in [0.1, 0.15) is 29.7 Å². The van der Waals surface area contributed by atoms with E-state index in [1.165, 1.54) is 16.7 Å². The van der Waals surface area contributed by atoms with Crippen molar-refractivity contribution in [3.05, 3.63) is 53.2 Å². The Morgan fingerprint density at radius 2 is 1.95 bits per heavy atom. The first-order chi connectivity index (χ1) is 10.5. The van der Waals surface area contributed by atoms with Gasteiger partial charge in [0, 0.05) is 6.07 Å². The molecule has 0 fully saturated rings. The van der Waals surface area contributed by atoms with Crippen LogP contribution in [-0.4, -0.2) is 17.2 Å². The lowest BCUT2D eigenvalue weighted by molar-refractivity contribution is 0.398. The molecule has 0 saturated heterocycles. The van der Waals surface area contributed by atoms with Gasteiger partial charge in [0.1, 0.15) is 0 Å². The van der Waals surface area contributed by atoms with Crippen molar-refractivity contribution in [3.63, 3.8) is 0 Å². The van der Waals surface area contributed by atoms with Gasteiger partial charge in [-0.2, -0.15) is 0 Å². The normalized spacial score (nSPS) is 11.6. The fourth-order valence-corrected chi connectivity index (χ4v) is 2.35. The Morgan fingerprint density at radius 3 is 2.55 bits per heavy atom. The lowest BCUT2D eigenvalue weighted by Crippen LogP contribution is -2.31. The molecule has 0 aliphatic heterocycles. The predicted octanol–water partition coefficient (Wildman–Crippen LogP) is 3.75. The Bertz CT molecular complexity index is 655. The molecular weight excluding hydrogens is 294 g/mol. The van der Waals surface area contributed by atoms with Gasteiger partial charge in [0.05, 0.1) is 25.0 Å². The third-order valence-electron chi connectivity index (χ3n) is 3.58. The molecule has 0 amide bonds. The highest BCUT2D eigenvalue weighted by molar-refractivity contribution is 7.80. The van der Waals surface area contributed by atoms with Crippen molar-refractivity contribution >= 4 is 23.0 Å². The molecule has 2 aromatic rings. The van der Waals surface area contributed by atoms with Gasteiger partial charge < -0.3 is 15.4 Å². The molecule has 0 saturated carbocycles.